The molecular weight excluding hydrogens is 336 g/mol. The lowest BCUT2D eigenvalue weighted by molar-refractivity contribution is 0.102. The average molecular weight is 360 g/mol. The molecule has 138 valence electrons. The summed E-state index contributed by atoms with van der Waals surface area (Å²) in [6.45, 7) is 6.18. The van der Waals surface area contributed by atoms with Crippen LogP contribution in [0.2, 0.25) is 0 Å². The van der Waals surface area contributed by atoms with Crippen LogP contribution in [0.3, 0.4) is 0 Å². The molecular formula is C22H24N4O. The van der Waals surface area contributed by atoms with Crippen molar-refractivity contribution in [3.63, 3.8) is 0 Å². The van der Waals surface area contributed by atoms with E-state index in [1.807, 2.05) is 49.4 Å². The number of aromatic nitrogens is 2. The number of anilines is 3. The Kier molecular flexibility index (Phi) is 5.81. The summed E-state index contributed by atoms with van der Waals surface area (Å²) in [5, 5.41) is 6.21. The van der Waals surface area contributed by atoms with Crippen LogP contribution in [0.5, 0.6) is 0 Å². The van der Waals surface area contributed by atoms with Gasteiger partial charge >= 0.3 is 0 Å². The van der Waals surface area contributed by atoms with E-state index in [1.54, 1.807) is 12.4 Å². The number of aryl methyl sites for hydroxylation is 3. The first-order valence-corrected chi connectivity index (χ1v) is 9.19. The predicted molar refractivity (Wildman–Crippen MR) is 110 cm³/mol. The lowest BCUT2D eigenvalue weighted by atomic mass is 10.0. The van der Waals surface area contributed by atoms with Crippen molar-refractivity contribution in [2.45, 2.75) is 33.6 Å². The van der Waals surface area contributed by atoms with Crippen molar-refractivity contribution < 1.29 is 4.79 Å². The summed E-state index contributed by atoms with van der Waals surface area (Å²) in [4.78, 5) is 21.2. The Labute approximate surface area is 159 Å². The molecule has 0 spiro atoms. The summed E-state index contributed by atoms with van der Waals surface area (Å²) in [6, 6.07) is 14.0. The summed E-state index contributed by atoms with van der Waals surface area (Å²) in [7, 11) is 0. The first kappa shape index (κ1) is 18.6. The second-order valence-electron chi connectivity index (χ2n) is 6.35. The van der Waals surface area contributed by atoms with E-state index >= 15 is 0 Å². The summed E-state index contributed by atoms with van der Waals surface area (Å²) < 4.78 is 0. The van der Waals surface area contributed by atoms with Crippen LogP contribution in [0.15, 0.2) is 54.9 Å². The van der Waals surface area contributed by atoms with Crippen molar-refractivity contribution in [1.82, 2.24) is 9.97 Å². The van der Waals surface area contributed by atoms with Crippen LogP contribution in [0.1, 0.15) is 40.9 Å². The molecule has 0 fully saturated rings. The molecule has 0 aliphatic heterocycles. The molecule has 5 heteroatoms. The van der Waals surface area contributed by atoms with Gasteiger partial charge in [0.2, 0.25) is 5.95 Å². The first-order valence-electron chi connectivity index (χ1n) is 9.19. The second kappa shape index (κ2) is 8.45. The topological polar surface area (TPSA) is 66.9 Å². The van der Waals surface area contributed by atoms with Gasteiger partial charge in [-0.3, -0.25) is 4.79 Å². The van der Waals surface area contributed by atoms with E-state index in [4.69, 9.17) is 0 Å². The first-order chi connectivity index (χ1) is 13.1. The highest BCUT2D eigenvalue weighted by molar-refractivity contribution is 6.04. The number of amides is 1. The number of benzene rings is 2. The zero-order chi connectivity index (χ0) is 19.2. The maximum absolute atomic E-state index is 12.7. The fourth-order valence-corrected chi connectivity index (χ4v) is 2.93. The monoisotopic (exact) mass is 360 g/mol. The molecule has 3 rings (SSSR count). The van der Waals surface area contributed by atoms with Crippen molar-refractivity contribution >= 4 is 23.2 Å². The van der Waals surface area contributed by atoms with Gasteiger partial charge in [-0.1, -0.05) is 50.2 Å². The number of nitrogens with one attached hydrogen (secondary N) is 2. The summed E-state index contributed by atoms with van der Waals surface area (Å²) in [5.74, 6) is 0.261. The van der Waals surface area contributed by atoms with E-state index in [9.17, 15) is 4.79 Å². The smallest absolute Gasteiger partial charge is 0.258 e. The molecule has 1 aromatic heterocycles. The number of nitrogens with zero attached hydrogens (tertiary/aromatic N) is 2. The SMILES string of the molecule is CCc1cccc(CC)c1NC(=O)c1cnc(Nc2ccccc2C)nc1. The Balaban J connectivity index is 1.76. The maximum atomic E-state index is 12.7. The second-order valence-corrected chi connectivity index (χ2v) is 6.35. The number of hydrogen-bond donors (Lipinski definition) is 2. The Morgan fingerprint density at radius 2 is 1.56 bits per heavy atom. The van der Waals surface area contributed by atoms with E-state index in [0.717, 1.165) is 40.9 Å². The molecule has 0 bridgehead atoms. The summed E-state index contributed by atoms with van der Waals surface area (Å²) >= 11 is 0. The average Bonchev–Trinajstić information content (AvgIpc) is 2.70. The van der Waals surface area contributed by atoms with Gasteiger partial charge in [-0.2, -0.15) is 0 Å². The van der Waals surface area contributed by atoms with Gasteiger partial charge in [0.1, 0.15) is 0 Å². The normalized spacial score (nSPS) is 10.5. The fraction of sp³-hybridized carbons (Fsp3) is 0.227. The van der Waals surface area contributed by atoms with Gasteiger partial charge in [0.25, 0.3) is 5.91 Å². The highest BCUT2D eigenvalue weighted by Crippen LogP contribution is 2.23. The third-order valence-electron chi connectivity index (χ3n) is 4.54. The highest BCUT2D eigenvalue weighted by Gasteiger charge is 2.13. The quantitative estimate of drug-likeness (QED) is 0.656. The predicted octanol–water partition coefficient (Wildman–Crippen LogP) is 4.91. The van der Waals surface area contributed by atoms with E-state index < -0.39 is 0 Å². The minimum absolute atomic E-state index is 0.201. The zero-order valence-electron chi connectivity index (χ0n) is 15.9. The Hall–Kier alpha value is -3.21. The molecule has 0 atom stereocenters. The number of hydrogen-bond acceptors (Lipinski definition) is 4. The molecule has 0 saturated carbocycles. The molecule has 0 aliphatic carbocycles. The lowest BCUT2D eigenvalue weighted by Gasteiger charge is -2.14. The third kappa shape index (κ3) is 4.31. The van der Waals surface area contributed by atoms with Gasteiger partial charge in [0, 0.05) is 23.8 Å². The van der Waals surface area contributed by atoms with Crippen LogP contribution < -0.4 is 10.6 Å². The fourth-order valence-electron chi connectivity index (χ4n) is 2.93. The molecule has 5 nitrogen and oxygen atoms in total. The minimum atomic E-state index is -0.201. The molecule has 1 amide bonds. The molecule has 0 aliphatic rings. The highest BCUT2D eigenvalue weighted by atomic mass is 16.1. The number of para-hydroxylation sites is 2. The molecule has 0 unspecified atom stereocenters. The Morgan fingerprint density at radius 3 is 2.15 bits per heavy atom. The summed E-state index contributed by atoms with van der Waals surface area (Å²) in [6.07, 6.45) is 4.81. The van der Waals surface area contributed by atoms with Crippen LogP contribution in [-0.4, -0.2) is 15.9 Å². The van der Waals surface area contributed by atoms with Crippen LogP contribution in [0.25, 0.3) is 0 Å². The van der Waals surface area contributed by atoms with Crippen LogP contribution in [0, 0.1) is 6.92 Å². The van der Waals surface area contributed by atoms with E-state index in [0.29, 0.717) is 11.5 Å². The van der Waals surface area contributed by atoms with Gasteiger partial charge in [0.15, 0.2) is 0 Å². The Bertz CT molecular complexity index is 913. The standard InChI is InChI=1S/C22H24N4O/c1-4-16-10-8-11-17(5-2)20(16)26-21(27)18-13-23-22(24-14-18)25-19-12-7-6-9-15(19)3/h6-14H,4-5H2,1-3H3,(H,26,27)(H,23,24,25). The van der Waals surface area contributed by atoms with Crippen molar-refractivity contribution in [2.24, 2.45) is 0 Å². The molecule has 27 heavy (non-hydrogen) atoms. The van der Waals surface area contributed by atoms with E-state index in [1.165, 1.54) is 0 Å². The molecule has 3 aromatic rings. The van der Waals surface area contributed by atoms with Gasteiger partial charge in [-0.15, -0.1) is 0 Å². The number of rotatable bonds is 6. The molecule has 0 saturated heterocycles. The van der Waals surface area contributed by atoms with Crippen molar-refractivity contribution in [3.8, 4) is 0 Å². The number of carbonyl (C=O) groups is 1. The van der Waals surface area contributed by atoms with Crippen molar-refractivity contribution in [1.29, 1.82) is 0 Å². The van der Waals surface area contributed by atoms with Crippen molar-refractivity contribution in [2.75, 3.05) is 10.6 Å². The van der Waals surface area contributed by atoms with Gasteiger partial charge in [-0.05, 0) is 42.5 Å². The van der Waals surface area contributed by atoms with Gasteiger partial charge in [0.05, 0.1) is 5.56 Å². The van der Waals surface area contributed by atoms with Crippen LogP contribution in [-0.2, 0) is 12.8 Å². The molecule has 1 heterocycles. The van der Waals surface area contributed by atoms with Crippen LogP contribution >= 0.6 is 0 Å². The van der Waals surface area contributed by atoms with Crippen molar-refractivity contribution in [3.05, 3.63) is 77.1 Å². The molecule has 0 radical (unpaired) electrons. The Morgan fingerprint density at radius 1 is 0.926 bits per heavy atom. The van der Waals surface area contributed by atoms with E-state index in [-0.39, 0.29) is 5.91 Å². The molecule has 2 N–H and O–H groups in total. The zero-order valence-corrected chi connectivity index (χ0v) is 15.9. The largest absolute Gasteiger partial charge is 0.324 e. The van der Waals surface area contributed by atoms with Gasteiger partial charge < -0.3 is 10.6 Å². The number of carbonyl (C=O) groups excluding carboxylic acids is 1. The minimum Gasteiger partial charge on any atom is -0.324 e. The van der Waals surface area contributed by atoms with Gasteiger partial charge in [-0.25, -0.2) is 9.97 Å². The maximum Gasteiger partial charge on any atom is 0.258 e. The van der Waals surface area contributed by atoms with E-state index in [2.05, 4.69) is 34.4 Å². The summed E-state index contributed by atoms with van der Waals surface area (Å²) in [5.41, 5.74) is 5.63. The molecule has 2 aromatic carbocycles. The lowest BCUT2D eigenvalue weighted by Crippen LogP contribution is -2.15. The van der Waals surface area contributed by atoms with Crippen LogP contribution in [0.4, 0.5) is 17.3 Å². The third-order valence-corrected chi connectivity index (χ3v) is 4.54.